The lowest BCUT2D eigenvalue weighted by Crippen LogP contribution is -2.19. The molecular weight excluding hydrogens is 1190 g/mol. The number of aliphatic hydroxyl groups excluding tert-OH is 2. The van der Waals surface area contributed by atoms with Gasteiger partial charge in [-0.3, -0.25) is 24.6 Å². The van der Waals surface area contributed by atoms with Crippen LogP contribution in [-0.2, 0) is 43.3 Å². The van der Waals surface area contributed by atoms with Crippen LogP contribution in [0.15, 0.2) is 149 Å². The third-order valence-electron chi connectivity index (χ3n) is 15.0. The van der Waals surface area contributed by atoms with Gasteiger partial charge in [0, 0.05) is 29.9 Å². The molecule has 0 atom stereocenters. The number of hydrogen-bond donors (Lipinski definition) is 10. The first-order valence-corrected chi connectivity index (χ1v) is 30.8. The third-order valence-corrected chi connectivity index (χ3v) is 16.9. The molecular formula is C65H68N12O11S2. The van der Waals surface area contributed by atoms with Crippen LogP contribution in [0.1, 0.15) is 96.7 Å². The number of rotatable bonds is 13. The Morgan fingerprint density at radius 2 is 0.922 bits per heavy atom. The van der Waals surface area contributed by atoms with Crippen molar-refractivity contribution in [2.75, 3.05) is 31.3 Å². The van der Waals surface area contributed by atoms with E-state index in [2.05, 4.69) is 60.0 Å². The van der Waals surface area contributed by atoms with Crippen molar-refractivity contribution in [2.24, 2.45) is 37.0 Å². The van der Waals surface area contributed by atoms with Crippen LogP contribution in [0.5, 0.6) is 11.5 Å². The van der Waals surface area contributed by atoms with Gasteiger partial charge in [-0.05, 0) is 194 Å². The first-order chi connectivity index (χ1) is 43.4. The number of para-hydroxylation sites is 2. The van der Waals surface area contributed by atoms with Gasteiger partial charge in [0.1, 0.15) is 21.1 Å². The molecule has 23 nitrogen and oxygen atoms in total. The number of benzene rings is 5. The Hall–Kier alpha value is -9.76. The zero-order chi connectivity index (χ0) is 64.2. The quantitative estimate of drug-likeness (QED) is 0.0481. The topological polar surface area (TPSA) is 365 Å². The molecule has 4 aliphatic rings. The largest absolute Gasteiger partial charge is 0.505 e. The molecule has 12 N–H and O–H groups in total. The summed E-state index contributed by atoms with van der Waals surface area (Å²) in [5.41, 5.74) is 24.0. The van der Waals surface area contributed by atoms with E-state index in [0.29, 0.717) is 53.2 Å². The van der Waals surface area contributed by atoms with Crippen LogP contribution in [0.3, 0.4) is 0 Å². The normalized spacial score (nSPS) is 13.6. The van der Waals surface area contributed by atoms with Gasteiger partial charge in [-0.1, -0.05) is 42.5 Å². The lowest BCUT2D eigenvalue weighted by molar-refractivity contribution is -0.116. The molecule has 25 heteroatoms. The lowest BCUT2D eigenvalue weighted by atomic mass is 10.1. The molecule has 5 aromatic carbocycles. The van der Waals surface area contributed by atoms with Crippen molar-refractivity contribution in [1.29, 1.82) is 0 Å². The zero-order valence-corrected chi connectivity index (χ0v) is 51.3. The van der Waals surface area contributed by atoms with E-state index in [4.69, 9.17) is 31.9 Å². The number of aromatic nitrogens is 4. The van der Waals surface area contributed by atoms with Crippen LogP contribution in [0.25, 0.3) is 33.6 Å². The maximum absolute atomic E-state index is 13.0. The molecule has 0 spiro atoms. The van der Waals surface area contributed by atoms with E-state index in [1.807, 2.05) is 37.3 Å². The number of aromatic hydroxyl groups is 2. The standard InChI is InChI=1S/2C24H20N4O4S.C13H14N2O.2C2H7NO/c2*1-13-21(23(30)28(27-13)17-9-8-14-4-2-5-15(14)10-17)26-25-19-7-3-6-18(22(19)29)16-11-20(24(31)32)33-12-16;1-9-7-13(16)15(14-9)12-6-5-10-3-2-4-11(10)8-12;2*3-1-2-4/h2*3,6-12,27,29H,2,4-5H2,1H3,(H,31,32);5-6,8H,2-4,7H2,1H3;2*4H,1-3H2. The van der Waals surface area contributed by atoms with Crippen LogP contribution >= 0.6 is 22.7 Å². The van der Waals surface area contributed by atoms with E-state index >= 15 is 0 Å². The Bertz CT molecular complexity index is 4110. The highest BCUT2D eigenvalue weighted by Crippen LogP contribution is 2.41. The molecule has 0 saturated carbocycles. The lowest BCUT2D eigenvalue weighted by Gasteiger charge is -2.13. The van der Waals surface area contributed by atoms with Crippen LogP contribution < -0.4 is 27.6 Å². The van der Waals surface area contributed by atoms with Crippen molar-refractivity contribution in [3.05, 3.63) is 189 Å². The number of aryl methyl sites for hydroxylation is 8. The Kier molecular flexibility index (Phi) is 21.2. The minimum atomic E-state index is -1.02. The molecule has 9 aromatic rings. The number of H-pyrrole nitrogens is 2. The number of fused-ring (bicyclic) bond motifs is 3. The van der Waals surface area contributed by atoms with E-state index in [0.717, 1.165) is 90.4 Å². The first-order valence-electron chi connectivity index (χ1n) is 29.0. The highest BCUT2D eigenvalue weighted by Gasteiger charge is 2.25. The summed E-state index contributed by atoms with van der Waals surface area (Å²) >= 11 is 2.15. The van der Waals surface area contributed by atoms with Crippen LogP contribution in [0.4, 0.5) is 28.4 Å². The Morgan fingerprint density at radius 1 is 0.544 bits per heavy atom. The number of nitrogens with one attached hydrogen (secondary N) is 2. The number of aliphatic hydroxyl groups is 2. The molecule has 0 saturated heterocycles. The van der Waals surface area contributed by atoms with E-state index in [9.17, 15) is 34.2 Å². The molecule has 3 aliphatic carbocycles. The number of phenolic OH excluding ortho intramolecular Hbond substituents is 2. The van der Waals surface area contributed by atoms with Gasteiger partial charge in [-0.2, -0.15) is 5.10 Å². The van der Waals surface area contributed by atoms with Gasteiger partial charge < -0.3 is 42.1 Å². The molecule has 90 heavy (non-hydrogen) atoms. The second-order valence-electron chi connectivity index (χ2n) is 21.4. The third kappa shape index (κ3) is 14.9. The van der Waals surface area contributed by atoms with Crippen molar-refractivity contribution in [3.63, 3.8) is 0 Å². The van der Waals surface area contributed by atoms with Gasteiger partial charge in [0.15, 0.2) is 22.9 Å². The van der Waals surface area contributed by atoms with Crippen molar-refractivity contribution in [2.45, 2.75) is 85.0 Å². The van der Waals surface area contributed by atoms with Crippen molar-refractivity contribution in [3.8, 4) is 45.1 Å². The van der Waals surface area contributed by atoms with Crippen LogP contribution in [0.2, 0.25) is 0 Å². The maximum atomic E-state index is 13.0. The predicted molar refractivity (Wildman–Crippen MR) is 347 cm³/mol. The molecule has 4 aromatic heterocycles. The molecule has 13 rings (SSSR count). The molecule has 0 unspecified atom stereocenters. The fourth-order valence-corrected chi connectivity index (χ4v) is 12.1. The van der Waals surface area contributed by atoms with Crippen molar-refractivity contribution >= 4 is 74.7 Å². The number of aromatic amines is 2. The number of hydrogen-bond acceptors (Lipinski definition) is 18. The minimum absolute atomic E-state index is 0.0791. The second-order valence-corrected chi connectivity index (χ2v) is 23.2. The first kappa shape index (κ1) is 64.7. The van der Waals surface area contributed by atoms with Gasteiger partial charge in [0.25, 0.3) is 17.0 Å². The molecule has 1 aliphatic heterocycles. The highest BCUT2D eigenvalue weighted by molar-refractivity contribution is 7.12. The number of carbonyl (C=O) groups excluding carboxylic acids is 1. The predicted octanol–water partition coefficient (Wildman–Crippen LogP) is 11.2. The summed E-state index contributed by atoms with van der Waals surface area (Å²) in [6.07, 6.45) is 10.4. The summed E-state index contributed by atoms with van der Waals surface area (Å²) in [4.78, 5) is 60.4. The summed E-state index contributed by atoms with van der Waals surface area (Å²) in [6, 6.07) is 31.1. The molecule has 0 radical (unpaired) electrons. The number of thiophene rings is 2. The van der Waals surface area contributed by atoms with E-state index in [1.165, 1.54) is 72.7 Å². The number of hydrazone groups is 1. The number of azo groups is 2. The van der Waals surface area contributed by atoms with E-state index < -0.39 is 11.9 Å². The molecule has 1 amide bonds. The number of carbonyl (C=O) groups is 3. The van der Waals surface area contributed by atoms with Crippen molar-refractivity contribution < 1.29 is 45.0 Å². The van der Waals surface area contributed by atoms with Crippen LogP contribution in [0, 0.1) is 13.8 Å². The molecule has 466 valence electrons. The van der Waals surface area contributed by atoms with Gasteiger partial charge in [0.2, 0.25) is 0 Å². The maximum Gasteiger partial charge on any atom is 0.345 e. The fraction of sp³-hybridized carbons (Fsp3) is 0.262. The Labute approximate surface area is 524 Å². The van der Waals surface area contributed by atoms with Crippen molar-refractivity contribution in [1.82, 2.24) is 19.6 Å². The molecule has 0 fully saturated rings. The monoisotopic (exact) mass is 1260 g/mol. The van der Waals surface area contributed by atoms with Gasteiger partial charge in [0.05, 0.1) is 48.1 Å². The summed E-state index contributed by atoms with van der Waals surface area (Å²) in [6.45, 7) is 6.33. The summed E-state index contributed by atoms with van der Waals surface area (Å²) in [5, 5.41) is 86.9. The van der Waals surface area contributed by atoms with E-state index in [-0.39, 0.29) is 74.2 Å². The molecule has 5 heterocycles. The number of anilines is 1. The average Bonchev–Trinajstić information content (AvgIpc) is 1.90. The average molecular weight is 1260 g/mol. The van der Waals surface area contributed by atoms with Crippen LogP contribution in [-0.4, -0.2) is 100 Å². The van der Waals surface area contributed by atoms with Gasteiger partial charge in [-0.15, -0.1) is 43.1 Å². The Balaban J connectivity index is 0.000000158. The fourth-order valence-electron chi connectivity index (χ4n) is 10.6. The SMILES string of the molecule is CC1=NN(c2ccc3c(c2)CCC3)C(=O)C1.Cc1[nH]n(-c2ccc3c(c2)CCC3)c(=O)c1N=Nc1cccc(-c2csc(C(=O)O)c2)c1O.Cc1[nH]n(-c2ccc3c(c2)CCC3)c(=O)c1N=Nc1cccc(-c2csc(C(=O)O)c2)c1O.NCCO.NCCO. The highest BCUT2D eigenvalue weighted by atomic mass is 32.1. The Morgan fingerprint density at radius 3 is 1.28 bits per heavy atom. The number of nitrogens with two attached hydrogens (primary N) is 2. The summed E-state index contributed by atoms with van der Waals surface area (Å²) < 4.78 is 2.91. The number of phenols is 2. The number of carboxylic acid groups (broad SMARTS) is 2. The smallest absolute Gasteiger partial charge is 0.345 e. The van der Waals surface area contributed by atoms with Gasteiger partial charge >= 0.3 is 11.9 Å². The van der Waals surface area contributed by atoms with Gasteiger partial charge in [-0.25, -0.2) is 24.0 Å². The minimum Gasteiger partial charge on any atom is -0.505 e. The zero-order valence-electron chi connectivity index (χ0n) is 49.6. The summed E-state index contributed by atoms with van der Waals surface area (Å²) in [5.74, 6) is -2.24. The number of carboxylic acids is 2. The molecule has 0 bridgehead atoms. The second kappa shape index (κ2) is 29.5. The summed E-state index contributed by atoms with van der Waals surface area (Å²) in [7, 11) is 0. The van der Waals surface area contributed by atoms with E-state index in [1.54, 1.807) is 61.0 Å². The number of amides is 1. The number of aromatic carboxylic acids is 2. The number of nitrogens with zero attached hydrogens (tertiary/aromatic N) is 8.